The van der Waals surface area contributed by atoms with Crippen LogP contribution in [0.1, 0.15) is 46.5 Å². The molecule has 0 unspecified atom stereocenters. The highest BCUT2D eigenvalue weighted by Crippen LogP contribution is 2.39. The van der Waals surface area contributed by atoms with Crippen LogP contribution in [0.25, 0.3) is 0 Å². The van der Waals surface area contributed by atoms with Crippen molar-refractivity contribution in [1.29, 1.82) is 0 Å². The Hall–Kier alpha value is -0.120. The second-order valence-electron chi connectivity index (χ2n) is 7.58. The standard InChI is InChI=1S/C17H36N2O/c1-17(2,3)16-8-6-15(7-9-16)14-18-10-11-19(4)12-13-20-5/h15-16,18H,6-14H2,1-5H3. The average Bonchev–Trinajstić information content (AvgIpc) is 2.41. The van der Waals surface area contributed by atoms with Crippen molar-refractivity contribution in [3.05, 3.63) is 0 Å². The third-order valence-corrected chi connectivity index (χ3v) is 4.85. The monoisotopic (exact) mass is 284 g/mol. The van der Waals surface area contributed by atoms with Gasteiger partial charge in [-0.15, -0.1) is 0 Å². The van der Waals surface area contributed by atoms with Gasteiger partial charge in [-0.3, -0.25) is 0 Å². The van der Waals surface area contributed by atoms with Gasteiger partial charge in [-0.1, -0.05) is 20.8 Å². The summed E-state index contributed by atoms with van der Waals surface area (Å²) in [6, 6.07) is 0. The lowest BCUT2D eigenvalue weighted by molar-refractivity contribution is 0.147. The summed E-state index contributed by atoms with van der Waals surface area (Å²) >= 11 is 0. The first-order chi connectivity index (χ1) is 9.43. The number of nitrogens with one attached hydrogen (secondary N) is 1. The van der Waals surface area contributed by atoms with E-state index in [4.69, 9.17) is 4.74 Å². The average molecular weight is 284 g/mol. The van der Waals surface area contributed by atoms with E-state index in [-0.39, 0.29) is 0 Å². The van der Waals surface area contributed by atoms with E-state index in [0.29, 0.717) is 5.41 Å². The van der Waals surface area contributed by atoms with E-state index in [1.54, 1.807) is 7.11 Å². The summed E-state index contributed by atoms with van der Waals surface area (Å²) in [5.41, 5.74) is 0.502. The van der Waals surface area contributed by atoms with Gasteiger partial charge in [0, 0.05) is 26.7 Å². The summed E-state index contributed by atoms with van der Waals surface area (Å²) in [5.74, 6) is 1.83. The molecule has 3 heteroatoms. The molecule has 0 atom stereocenters. The Labute approximate surface area is 126 Å². The predicted octanol–water partition coefficient (Wildman–Crippen LogP) is 3.01. The minimum atomic E-state index is 0.502. The number of methoxy groups -OCH3 is 1. The first-order valence-electron chi connectivity index (χ1n) is 8.31. The van der Waals surface area contributed by atoms with E-state index < -0.39 is 0 Å². The number of hydrogen-bond donors (Lipinski definition) is 1. The van der Waals surface area contributed by atoms with Gasteiger partial charge in [-0.2, -0.15) is 0 Å². The van der Waals surface area contributed by atoms with E-state index in [0.717, 1.165) is 38.1 Å². The molecule has 0 saturated heterocycles. The molecule has 0 aromatic rings. The molecule has 20 heavy (non-hydrogen) atoms. The van der Waals surface area contributed by atoms with Crippen molar-refractivity contribution in [3.63, 3.8) is 0 Å². The number of rotatable bonds is 8. The third kappa shape index (κ3) is 7.05. The lowest BCUT2D eigenvalue weighted by Gasteiger charge is -2.37. The third-order valence-electron chi connectivity index (χ3n) is 4.85. The number of ether oxygens (including phenoxy) is 1. The minimum Gasteiger partial charge on any atom is -0.383 e. The lowest BCUT2D eigenvalue weighted by Crippen LogP contribution is -2.35. The highest BCUT2D eigenvalue weighted by atomic mass is 16.5. The molecule has 0 heterocycles. The smallest absolute Gasteiger partial charge is 0.0589 e. The molecule has 1 fully saturated rings. The highest BCUT2D eigenvalue weighted by Gasteiger charge is 2.29. The Morgan fingerprint density at radius 1 is 1.10 bits per heavy atom. The van der Waals surface area contributed by atoms with Gasteiger partial charge in [0.2, 0.25) is 0 Å². The Morgan fingerprint density at radius 2 is 1.75 bits per heavy atom. The summed E-state index contributed by atoms with van der Waals surface area (Å²) in [6.45, 7) is 12.4. The fourth-order valence-corrected chi connectivity index (χ4v) is 3.17. The zero-order chi connectivity index (χ0) is 15.0. The Balaban J connectivity index is 2.04. The molecule has 120 valence electrons. The van der Waals surface area contributed by atoms with Crippen molar-refractivity contribution >= 4 is 0 Å². The van der Waals surface area contributed by atoms with Crippen molar-refractivity contribution < 1.29 is 4.74 Å². The van der Waals surface area contributed by atoms with E-state index in [9.17, 15) is 0 Å². The summed E-state index contributed by atoms with van der Waals surface area (Å²) in [5, 5.41) is 3.63. The molecule has 0 radical (unpaired) electrons. The van der Waals surface area contributed by atoms with E-state index in [2.05, 4.69) is 38.0 Å². The second kappa shape index (κ2) is 9.01. The number of nitrogens with zero attached hydrogens (tertiary/aromatic N) is 1. The number of likely N-dealkylation sites (N-methyl/N-ethyl adjacent to an activating group) is 1. The van der Waals surface area contributed by atoms with Crippen LogP contribution in [-0.4, -0.2) is 51.8 Å². The molecule has 0 spiro atoms. The Bertz CT molecular complexity index is 242. The number of hydrogen-bond acceptors (Lipinski definition) is 3. The Kier molecular flexibility index (Phi) is 8.08. The SMILES string of the molecule is COCCN(C)CCNCC1CCC(C(C)(C)C)CC1. The zero-order valence-electron chi connectivity index (χ0n) is 14.4. The van der Waals surface area contributed by atoms with Gasteiger partial charge in [-0.05, 0) is 56.5 Å². The van der Waals surface area contributed by atoms with Crippen LogP contribution in [0.5, 0.6) is 0 Å². The normalized spacial score (nSPS) is 24.3. The molecule has 0 aromatic heterocycles. The maximum Gasteiger partial charge on any atom is 0.0589 e. The topological polar surface area (TPSA) is 24.5 Å². The molecule has 1 aliphatic carbocycles. The fraction of sp³-hybridized carbons (Fsp3) is 1.00. The summed E-state index contributed by atoms with van der Waals surface area (Å²) in [4.78, 5) is 2.33. The maximum atomic E-state index is 5.09. The Morgan fingerprint density at radius 3 is 2.30 bits per heavy atom. The van der Waals surface area contributed by atoms with Crippen LogP contribution in [-0.2, 0) is 4.74 Å². The van der Waals surface area contributed by atoms with Crippen molar-refractivity contribution in [2.24, 2.45) is 17.3 Å². The molecule has 1 N–H and O–H groups in total. The summed E-state index contributed by atoms with van der Waals surface area (Å²) in [6.07, 6.45) is 5.66. The fourth-order valence-electron chi connectivity index (χ4n) is 3.17. The van der Waals surface area contributed by atoms with Gasteiger partial charge in [-0.25, -0.2) is 0 Å². The van der Waals surface area contributed by atoms with E-state index in [1.165, 1.54) is 32.2 Å². The second-order valence-corrected chi connectivity index (χ2v) is 7.58. The molecule has 0 aliphatic heterocycles. The molecule has 0 amide bonds. The molecular weight excluding hydrogens is 248 g/mol. The van der Waals surface area contributed by atoms with E-state index >= 15 is 0 Å². The van der Waals surface area contributed by atoms with Gasteiger partial charge < -0.3 is 15.0 Å². The molecule has 0 aromatic carbocycles. The van der Waals surface area contributed by atoms with Crippen LogP contribution >= 0.6 is 0 Å². The highest BCUT2D eigenvalue weighted by molar-refractivity contribution is 4.81. The van der Waals surface area contributed by atoms with Crippen molar-refractivity contribution in [2.45, 2.75) is 46.5 Å². The summed E-state index contributed by atoms with van der Waals surface area (Å²) in [7, 11) is 3.93. The van der Waals surface area contributed by atoms with E-state index in [1.807, 2.05) is 0 Å². The van der Waals surface area contributed by atoms with Gasteiger partial charge in [0.15, 0.2) is 0 Å². The van der Waals surface area contributed by atoms with Crippen LogP contribution in [0, 0.1) is 17.3 Å². The summed E-state index contributed by atoms with van der Waals surface area (Å²) < 4.78 is 5.09. The quantitative estimate of drug-likeness (QED) is 0.694. The molecule has 1 aliphatic rings. The molecule has 3 nitrogen and oxygen atoms in total. The van der Waals surface area contributed by atoms with Crippen LogP contribution < -0.4 is 5.32 Å². The van der Waals surface area contributed by atoms with Gasteiger partial charge in [0.05, 0.1) is 6.61 Å². The van der Waals surface area contributed by atoms with Gasteiger partial charge in [0.1, 0.15) is 0 Å². The molecule has 1 rings (SSSR count). The largest absolute Gasteiger partial charge is 0.383 e. The van der Waals surface area contributed by atoms with Crippen molar-refractivity contribution in [3.8, 4) is 0 Å². The van der Waals surface area contributed by atoms with Crippen LogP contribution in [0.15, 0.2) is 0 Å². The van der Waals surface area contributed by atoms with Crippen molar-refractivity contribution in [2.75, 3.05) is 46.9 Å². The molecule has 0 bridgehead atoms. The van der Waals surface area contributed by atoms with Gasteiger partial charge >= 0.3 is 0 Å². The van der Waals surface area contributed by atoms with Gasteiger partial charge in [0.25, 0.3) is 0 Å². The van der Waals surface area contributed by atoms with Crippen LogP contribution in [0.4, 0.5) is 0 Å². The minimum absolute atomic E-state index is 0.502. The lowest BCUT2D eigenvalue weighted by atomic mass is 9.70. The maximum absolute atomic E-state index is 5.09. The molecular formula is C17H36N2O. The first-order valence-corrected chi connectivity index (χ1v) is 8.31. The van der Waals surface area contributed by atoms with Crippen molar-refractivity contribution in [1.82, 2.24) is 10.2 Å². The predicted molar refractivity (Wildman–Crippen MR) is 87.1 cm³/mol. The molecule has 1 saturated carbocycles. The van der Waals surface area contributed by atoms with Crippen LogP contribution in [0.2, 0.25) is 0 Å². The zero-order valence-corrected chi connectivity index (χ0v) is 14.4. The first kappa shape index (κ1) is 17.9. The van der Waals surface area contributed by atoms with Crippen LogP contribution in [0.3, 0.4) is 0 Å².